The summed E-state index contributed by atoms with van der Waals surface area (Å²) in [4.78, 5) is 18.7. The highest BCUT2D eigenvalue weighted by atomic mass is 16.5. The van der Waals surface area contributed by atoms with Gasteiger partial charge in [0.1, 0.15) is 5.82 Å². The summed E-state index contributed by atoms with van der Waals surface area (Å²) in [6, 6.07) is 0. The number of methoxy groups -OCH3 is 1. The highest BCUT2D eigenvalue weighted by molar-refractivity contribution is 5.77. The Morgan fingerprint density at radius 2 is 2.50 bits per heavy atom. The zero-order chi connectivity index (χ0) is 11.4. The van der Waals surface area contributed by atoms with Gasteiger partial charge < -0.3 is 15.0 Å². The van der Waals surface area contributed by atoms with Gasteiger partial charge in [0.15, 0.2) is 0 Å². The Hall–Kier alpha value is -1.36. The van der Waals surface area contributed by atoms with Gasteiger partial charge in [-0.05, 0) is 19.3 Å². The SMILES string of the molecule is COC1(CC(=O)NCc2ncc[nH]2)CCC1. The van der Waals surface area contributed by atoms with E-state index in [-0.39, 0.29) is 11.5 Å². The van der Waals surface area contributed by atoms with Crippen molar-refractivity contribution in [2.45, 2.75) is 37.8 Å². The number of carbonyl (C=O) groups excluding carboxylic acids is 1. The summed E-state index contributed by atoms with van der Waals surface area (Å²) in [6.07, 6.45) is 6.98. The molecule has 5 heteroatoms. The van der Waals surface area contributed by atoms with E-state index in [1.54, 1.807) is 19.5 Å². The van der Waals surface area contributed by atoms with Crippen LogP contribution in [-0.4, -0.2) is 28.6 Å². The van der Waals surface area contributed by atoms with Crippen LogP contribution in [0.3, 0.4) is 0 Å². The van der Waals surface area contributed by atoms with Gasteiger partial charge in [0.05, 0.1) is 18.6 Å². The van der Waals surface area contributed by atoms with Crippen molar-refractivity contribution in [3.63, 3.8) is 0 Å². The monoisotopic (exact) mass is 223 g/mol. The fourth-order valence-electron chi connectivity index (χ4n) is 1.96. The van der Waals surface area contributed by atoms with E-state index in [2.05, 4.69) is 15.3 Å². The maximum atomic E-state index is 11.7. The fraction of sp³-hybridized carbons (Fsp3) is 0.636. The summed E-state index contributed by atoms with van der Waals surface area (Å²) >= 11 is 0. The number of H-pyrrole nitrogens is 1. The molecular formula is C11H17N3O2. The van der Waals surface area contributed by atoms with Gasteiger partial charge >= 0.3 is 0 Å². The standard InChI is InChI=1S/C11H17N3O2/c1-16-11(3-2-4-11)7-10(15)14-8-9-12-5-6-13-9/h5-6H,2-4,7-8H2,1H3,(H,12,13)(H,14,15). The van der Waals surface area contributed by atoms with Crippen LogP contribution >= 0.6 is 0 Å². The molecule has 1 aromatic heterocycles. The molecule has 1 saturated carbocycles. The molecule has 1 aliphatic rings. The van der Waals surface area contributed by atoms with Crippen molar-refractivity contribution in [1.82, 2.24) is 15.3 Å². The summed E-state index contributed by atoms with van der Waals surface area (Å²) in [6.45, 7) is 0.450. The molecular weight excluding hydrogens is 206 g/mol. The third kappa shape index (κ3) is 2.41. The van der Waals surface area contributed by atoms with Crippen molar-refractivity contribution in [2.24, 2.45) is 0 Å². The van der Waals surface area contributed by atoms with Gasteiger partial charge in [0.25, 0.3) is 0 Å². The topological polar surface area (TPSA) is 67.0 Å². The van der Waals surface area contributed by atoms with E-state index < -0.39 is 0 Å². The average molecular weight is 223 g/mol. The fourth-order valence-corrected chi connectivity index (χ4v) is 1.96. The first-order valence-electron chi connectivity index (χ1n) is 5.54. The van der Waals surface area contributed by atoms with Crippen molar-refractivity contribution in [1.29, 1.82) is 0 Å². The van der Waals surface area contributed by atoms with Gasteiger partial charge in [-0.25, -0.2) is 4.98 Å². The van der Waals surface area contributed by atoms with Crippen molar-refractivity contribution >= 4 is 5.91 Å². The number of hydrogen-bond donors (Lipinski definition) is 2. The number of amides is 1. The maximum absolute atomic E-state index is 11.7. The summed E-state index contributed by atoms with van der Waals surface area (Å²) in [5.74, 6) is 0.798. The molecule has 0 atom stereocenters. The Labute approximate surface area is 94.6 Å². The first kappa shape index (κ1) is 11.1. The zero-order valence-electron chi connectivity index (χ0n) is 9.45. The molecule has 88 valence electrons. The molecule has 2 rings (SSSR count). The Kier molecular flexibility index (Phi) is 3.24. The summed E-state index contributed by atoms with van der Waals surface area (Å²) in [5.41, 5.74) is -0.201. The predicted molar refractivity (Wildman–Crippen MR) is 58.6 cm³/mol. The number of ether oxygens (including phenoxy) is 1. The molecule has 1 amide bonds. The molecule has 2 N–H and O–H groups in total. The van der Waals surface area contributed by atoms with Gasteiger partial charge in [-0.3, -0.25) is 4.79 Å². The van der Waals surface area contributed by atoms with E-state index in [0.29, 0.717) is 13.0 Å². The van der Waals surface area contributed by atoms with Gasteiger partial charge in [0, 0.05) is 19.5 Å². The molecule has 0 radical (unpaired) electrons. The van der Waals surface area contributed by atoms with Crippen LogP contribution in [0.4, 0.5) is 0 Å². The van der Waals surface area contributed by atoms with Crippen LogP contribution in [0.2, 0.25) is 0 Å². The number of nitrogens with zero attached hydrogens (tertiary/aromatic N) is 1. The maximum Gasteiger partial charge on any atom is 0.223 e. The number of carbonyl (C=O) groups is 1. The normalized spacial score (nSPS) is 17.8. The largest absolute Gasteiger partial charge is 0.378 e. The molecule has 0 bridgehead atoms. The van der Waals surface area contributed by atoms with Crippen molar-refractivity contribution < 1.29 is 9.53 Å². The van der Waals surface area contributed by atoms with Crippen LogP contribution in [0.1, 0.15) is 31.5 Å². The number of hydrogen-bond acceptors (Lipinski definition) is 3. The minimum atomic E-state index is -0.201. The molecule has 0 aliphatic heterocycles. The van der Waals surface area contributed by atoms with E-state index in [1.807, 2.05) is 0 Å². The second kappa shape index (κ2) is 4.65. The lowest BCUT2D eigenvalue weighted by Crippen LogP contribution is -2.43. The van der Waals surface area contributed by atoms with Crippen LogP contribution in [-0.2, 0) is 16.1 Å². The quantitative estimate of drug-likeness (QED) is 0.782. The lowest BCUT2D eigenvalue weighted by atomic mass is 9.77. The van der Waals surface area contributed by atoms with Crippen molar-refractivity contribution in [3.8, 4) is 0 Å². The third-order valence-electron chi connectivity index (χ3n) is 3.19. The van der Waals surface area contributed by atoms with Gasteiger partial charge in [-0.2, -0.15) is 0 Å². The summed E-state index contributed by atoms with van der Waals surface area (Å²) < 4.78 is 5.40. The lowest BCUT2D eigenvalue weighted by molar-refractivity contribution is -0.134. The number of imidazole rings is 1. The molecule has 0 saturated heterocycles. The van der Waals surface area contributed by atoms with E-state index in [9.17, 15) is 4.79 Å². The first-order chi connectivity index (χ1) is 7.74. The Morgan fingerprint density at radius 1 is 1.69 bits per heavy atom. The first-order valence-corrected chi connectivity index (χ1v) is 5.54. The Morgan fingerprint density at radius 3 is 3.00 bits per heavy atom. The molecule has 1 aromatic rings. The minimum Gasteiger partial charge on any atom is -0.378 e. The van der Waals surface area contributed by atoms with E-state index in [1.165, 1.54) is 0 Å². The zero-order valence-corrected chi connectivity index (χ0v) is 9.45. The molecule has 1 heterocycles. The third-order valence-corrected chi connectivity index (χ3v) is 3.19. The van der Waals surface area contributed by atoms with Crippen molar-refractivity contribution in [3.05, 3.63) is 18.2 Å². The van der Waals surface area contributed by atoms with Crippen LogP contribution < -0.4 is 5.32 Å². The average Bonchev–Trinajstić information content (AvgIpc) is 2.73. The molecule has 1 fully saturated rings. The van der Waals surface area contributed by atoms with Gasteiger partial charge in [-0.1, -0.05) is 0 Å². The van der Waals surface area contributed by atoms with Crippen LogP contribution in [0, 0.1) is 0 Å². The smallest absolute Gasteiger partial charge is 0.223 e. The molecule has 0 unspecified atom stereocenters. The second-order valence-electron chi connectivity index (χ2n) is 4.23. The number of aromatic nitrogens is 2. The van der Waals surface area contributed by atoms with E-state index in [4.69, 9.17) is 4.74 Å². The molecule has 0 spiro atoms. The van der Waals surface area contributed by atoms with E-state index >= 15 is 0 Å². The van der Waals surface area contributed by atoms with Crippen LogP contribution in [0.15, 0.2) is 12.4 Å². The van der Waals surface area contributed by atoms with Crippen LogP contribution in [0.5, 0.6) is 0 Å². The highest BCUT2D eigenvalue weighted by Gasteiger charge is 2.38. The van der Waals surface area contributed by atoms with Gasteiger partial charge in [-0.15, -0.1) is 0 Å². The lowest BCUT2D eigenvalue weighted by Gasteiger charge is -2.39. The highest BCUT2D eigenvalue weighted by Crippen LogP contribution is 2.37. The minimum absolute atomic E-state index is 0.0259. The number of nitrogens with one attached hydrogen (secondary N) is 2. The molecule has 5 nitrogen and oxygen atoms in total. The molecule has 0 aromatic carbocycles. The predicted octanol–water partition coefficient (Wildman–Crippen LogP) is 0.985. The number of aromatic amines is 1. The number of rotatable bonds is 5. The molecule has 16 heavy (non-hydrogen) atoms. The van der Waals surface area contributed by atoms with Crippen LogP contribution in [0.25, 0.3) is 0 Å². The summed E-state index contributed by atoms with van der Waals surface area (Å²) in [7, 11) is 1.68. The van der Waals surface area contributed by atoms with E-state index in [0.717, 1.165) is 25.1 Å². The molecule has 1 aliphatic carbocycles. The van der Waals surface area contributed by atoms with Crippen molar-refractivity contribution in [2.75, 3.05) is 7.11 Å². The Balaban J connectivity index is 1.76. The summed E-state index contributed by atoms with van der Waals surface area (Å²) in [5, 5.41) is 2.83. The van der Waals surface area contributed by atoms with Gasteiger partial charge in [0.2, 0.25) is 5.91 Å². The second-order valence-corrected chi connectivity index (χ2v) is 4.23. The Bertz CT molecular complexity index is 339.